The minimum Gasteiger partial charge on any atom is -0.325 e. The Labute approximate surface area is 101 Å². The summed E-state index contributed by atoms with van der Waals surface area (Å²) in [6.07, 6.45) is -3.55. The zero-order valence-corrected chi connectivity index (χ0v) is 9.21. The van der Waals surface area contributed by atoms with Crippen molar-refractivity contribution in [1.29, 1.82) is 5.26 Å². The van der Waals surface area contributed by atoms with Crippen LogP contribution in [0.2, 0.25) is 0 Å². The smallest absolute Gasteiger partial charge is 0.325 e. The van der Waals surface area contributed by atoms with E-state index < -0.39 is 23.1 Å². The lowest BCUT2D eigenvalue weighted by atomic mass is 10.1. The second-order valence-electron chi connectivity index (χ2n) is 4.23. The van der Waals surface area contributed by atoms with Crippen molar-refractivity contribution in [3.63, 3.8) is 0 Å². The largest absolute Gasteiger partial charge is 0.416 e. The normalized spacial score (nSPS) is 16.8. The Balaban J connectivity index is 2.16. The molecule has 1 amide bonds. The molecule has 0 aromatic heterocycles. The molecule has 18 heavy (non-hydrogen) atoms. The number of carbonyl (C=O) groups is 1. The number of hydrogen-bond acceptors (Lipinski definition) is 2. The van der Waals surface area contributed by atoms with Crippen LogP contribution in [0.1, 0.15) is 18.4 Å². The van der Waals surface area contributed by atoms with Gasteiger partial charge in [0.2, 0.25) is 5.91 Å². The third-order valence-electron chi connectivity index (χ3n) is 2.85. The van der Waals surface area contributed by atoms with Crippen LogP contribution in [-0.4, -0.2) is 5.91 Å². The van der Waals surface area contributed by atoms with Crippen LogP contribution in [0.25, 0.3) is 0 Å². The SMILES string of the molecule is N#CC1(C(=O)Nc2cccc(C(F)(F)F)c2)CC1. The van der Waals surface area contributed by atoms with Gasteiger partial charge in [-0.1, -0.05) is 6.07 Å². The topological polar surface area (TPSA) is 52.9 Å². The first kappa shape index (κ1) is 12.4. The van der Waals surface area contributed by atoms with E-state index in [9.17, 15) is 18.0 Å². The highest BCUT2D eigenvalue weighted by Crippen LogP contribution is 2.45. The average Bonchev–Trinajstić information content (AvgIpc) is 3.09. The fourth-order valence-corrected chi connectivity index (χ4v) is 1.54. The molecule has 3 nitrogen and oxygen atoms in total. The van der Waals surface area contributed by atoms with E-state index in [4.69, 9.17) is 5.26 Å². The first-order valence-electron chi connectivity index (χ1n) is 5.27. The van der Waals surface area contributed by atoms with Crippen molar-refractivity contribution in [3.05, 3.63) is 29.8 Å². The highest BCUT2D eigenvalue weighted by Gasteiger charge is 2.50. The lowest BCUT2D eigenvalue weighted by Crippen LogP contribution is -2.22. The predicted molar refractivity (Wildman–Crippen MR) is 57.4 cm³/mol. The van der Waals surface area contributed by atoms with Gasteiger partial charge in [-0.05, 0) is 31.0 Å². The number of benzene rings is 1. The maximum absolute atomic E-state index is 12.5. The molecule has 1 aliphatic rings. The van der Waals surface area contributed by atoms with Crippen LogP contribution in [0.5, 0.6) is 0 Å². The van der Waals surface area contributed by atoms with Crippen molar-refractivity contribution in [3.8, 4) is 6.07 Å². The molecule has 1 aliphatic carbocycles. The Morgan fingerprint density at radius 3 is 2.56 bits per heavy atom. The van der Waals surface area contributed by atoms with Gasteiger partial charge in [0, 0.05) is 5.69 Å². The molecule has 0 spiro atoms. The number of carbonyl (C=O) groups excluding carboxylic acids is 1. The van der Waals surface area contributed by atoms with Gasteiger partial charge >= 0.3 is 6.18 Å². The molecule has 1 saturated carbocycles. The molecule has 2 rings (SSSR count). The monoisotopic (exact) mass is 254 g/mol. The fraction of sp³-hybridized carbons (Fsp3) is 0.333. The van der Waals surface area contributed by atoms with E-state index in [1.807, 2.05) is 6.07 Å². The number of nitriles is 1. The van der Waals surface area contributed by atoms with Gasteiger partial charge in [-0.3, -0.25) is 4.79 Å². The number of nitrogens with one attached hydrogen (secondary N) is 1. The van der Waals surface area contributed by atoms with Crippen LogP contribution in [0.15, 0.2) is 24.3 Å². The van der Waals surface area contributed by atoms with Crippen LogP contribution in [0, 0.1) is 16.7 Å². The van der Waals surface area contributed by atoms with Crippen molar-refractivity contribution >= 4 is 11.6 Å². The van der Waals surface area contributed by atoms with E-state index >= 15 is 0 Å². The Morgan fingerprint density at radius 1 is 1.39 bits per heavy atom. The molecule has 0 aliphatic heterocycles. The third-order valence-corrected chi connectivity index (χ3v) is 2.85. The number of rotatable bonds is 2. The number of anilines is 1. The van der Waals surface area contributed by atoms with Gasteiger partial charge < -0.3 is 5.32 Å². The highest BCUT2D eigenvalue weighted by atomic mass is 19.4. The summed E-state index contributed by atoms with van der Waals surface area (Å²) >= 11 is 0. The van der Waals surface area contributed by atoms with Gasteiger partial charge in [0.15, 0.2) is 0 Å². The lowest BCUT2D eigenvalue weighted by Gasteiger charge is -2.11. The number of nitrogens with zero attached hydrogens (tertiary/aromatic N) is 1. The molecule has 6 heteroatoms. The molecule has 1 aromatic carbocycles. The number of halogens is 3. The predicted octanol–water partition coefficient (Wildman–Crippen LogP) is 2.95. The van der Waals surface area contributed by atoms with Crippen LogP contribution in [0.3, 0.4) is 0 Å². The maximum atomic E-state index is 12.5. The van der Waals surface area contributed by atoms with Crippen LogP contribution in [-0.2, 0) is 11.0 Å². The lowest BCUT2D eigenvalue weighted by molar-refractivity contribution is -0.137. The van der Waals surface area contributed by atoms with Crippen molar-refractivity contribution in [2.45, 2.75) is 19.0 Å². The van der Waals surface area contributed by atoms with Gasteiger partial charge in [-0.15, -0.1) is 0 Å². The van der Waals surface area contributed by atoms with Crippen molar-refractivity contribution < 1.29 is 18.0 Å². The zero-order chi connectivity index (χ0) is 13.4. The summed E-state index contributed by atoms with van der Waals surface area (Å²) in [6, 6.07) is 6.23. The van der Waals surface area contributed by atoms with E-state index in [0.717, 1.165) is 12.1 Å². The summed E-state index contributed by atoms with van der Waals surface area (Å²) in [6.45, 7) is 0. The highest BCUT2D eigenvalue weighted by molar-refractivity contribution is 5.99. The van der Waals surface area contributed by atoms with Gasteiger partial charge in [0.1, 0.15) is 5.41 Å². The molecular weight excluding hydrogens is 245 g/mol. The first-order valence-corrected chi connectivity index (χ1v) is 5.27. The summed E-state index contributed by atoms with van der Waals surface area (Å²) < 4.78 is 37.4. The van der Waals surface area contributed by atoms with E-state index in [2.05, 4.69) is 5.32 Å². The molecular formula is C12H9F3N2O. The Hall–Kier alpha value is -2.03. The summed E-state index contributed by atoms with van der Waals surface area (Å²) in [5, 5.41) is 11.1. The quantitative estimate of drug-likeness (QED) is 0.882. The minimum absolute atomic E-state index is 0.0522. The molecule has 1 aromatic rings. The molecule has 0 atom stereocenters. The Morgan fingerprint density at radius 2 is 2.06 bits per heavy atom. The fourth-order valence-electron chi connectivity index (χ4n) is 1.54. The second-order valence-corrected chi connectivity index (χ2v) is 4.23. The van der Waals surface area contributed by atoms with E-state index in [-0.39, 0.29) is 5.69 Å². The molecule has 0 bridgehead atoms. The van der Waals surface area contributed by atoms with Gasteiger partial charge in [-0.25, -0.2) is 0 Å². The third kappa shape index (κ3) is 2.30. The number of alkyl halides is 3. The number of amides is 1. The first-order chi connectivity index (χ1) is 8.37. The zero-order valence-electron chi connectivity index (χ0n) is 9.21. The van der Waals surface area contributed by atoms with E-state index in [0.29, 0.717) is 12.8 Å². The van der Waals surface area contributed by atoms with Gasteiger partial charge in [-0.2, -0.15) is 18.4 Å². The number of hydrogen-bond donors (Lipinski definition) is 1. The van der Waals surface area contributed by atoms with E-state index in [1.54, 1.807) is 0 Å². The summed E-state index contributed by atoms with van der Waals surface area (Å²) in [7, 11) is 0. The maximum Gasteiger partial charge on any atom is 0.416 e. The molecule has 94 valence electrons. The molecule has 0 heterocycles. The molecule has 0 unspecified atom stereocenters. The van der Waals surface area contributed by atoms with E-state index in [1.165, 1.54) is 12.1 Å². The van der Waals surface area contributed by atoms with Crippen molar-refractivity contribution in [2.75, 3.05) is 5.32 Å². The summed E-state index contributed by atoms with van der Waals surface area (Å²) in [5.74, 6) is -0.538. The minimum atomic E-state index is -4.45. The van der Waals surface area contributed by atoms with Crippen LogP contribution < -0.4 is 5.32 Å². The summed E-state index contributed by atoms with van der Waals surface area (Å²) in [4.78, 5) is 11.7. The molecule has 0 radical (unpaired) electrons. The van der Waals surface area contributed by atoms with Crippen molar-refractivity contribution in [2.24, 2.45) is 5.41 Å². The van der Waals surface area contributed by atoms with Crippen LogP contribution in [0.4, 0.5) is 18.9 Å². The molecule has 1 N–H and O–H groups in total. The van der Waals surface area contributed by atoms with Crippen LogP contribution >= 0.6 is 0 Å². The van der Waals surface area contributed by atoms with Gasteiger partial charge in [0.25, 0.3) is 0 Å². The second kappa shape index (κ2) is 4.02. The molecule has 0 saturated heterocycles. The average molecular weight is 254 g/mol. The standard InChI is InChI=1S/C12H9F3N2O/c13-12(14,15)8-2-1-3-9(6-8)17-10(18)11(7-16)4-5-11/h1-3,6H,4-5H2,(H,17,18). The Bertz CT molecular complexity index is 527. The summed E-state index contributed by atoms with van der Waals surface area (Å²) in [5.41, 5.74) is -1.83. The van der Waals surface area contributed by atoms with Crippen molar-refractivity contribution in [1.82, 2.24) is 0 Å². The van der Waals surface area contributed by atoms with Gasteiger partial charge in [0.05, 0.1) is 11.6 Å². The molecule has 1 fully saturated rings. The Kier molecular flexibility index (Phi) is 2.77.